The second kappa shape index (κ2) is 7.38. The summed E-state index contributed by atoms with van der Waals surface area (Å²) in [5.41, 5.74) is -0.0201. The first-order valence-electron chi connectivity index (χ1n) is 7.91. The second-order valence-electron chi connectivity index (χ2n) is 6.01. The first-order valence-corrected chi connectivity index (χ1v) is 7.91. The highest BCUT2D eigenvalue weighted by Gasteiger charge is 2.39. The van der Waals surface area contributed by atoms with Gasteiger partial charge in [0.2, 0.25) is 5.91 Å². The van der Waals surface area contributed by atoms with Gasteiger partial charge in [-0.1, -0.05) is 6.92 Å². The lowest BCUT2D eigenvalue weighted by Gasteiger charge is -2.44. The molecule has 0 aliphatic carbocycles. The molecule has 5 nitrogen and oxygen atoms in total. The van der Waals surface area contributed by atoms with Gasteiger partial charge in [-0.2, -0.15) is 0 Å². The molecule has 0 aromatic carbocycles. The van der Waals surface area contributed by atoms with Crippen molar-refractivity contribution in [2.45, 2.75) is 63.6 Å². The van der Waals surface area contributed by atoms with Gasteiger partial charge >= 0.3 is 0 Å². The van der Waals surface area contributed by atoms with Gasteiger partial charge in [-0.25, -0.2) is 0 Å². The van der Waals surface area contributed by atoms with E-state index in [0.717, 1.165) is 58.5 Å². The molecular weight excluding hydrogens is 256 g/mol. The van der Waals surface area contributed by atoms with Crippen LogP contribution in [0.4, 0.5) is 0 Å². The molecular formula is C15H28N2O3. The SMILES string of the molecule is CCCNC(=O)C(C)NC1CCOC2(CCOCC2)C1. The zero-order valence-electron chi connectivity index (χ0n) is 12.7. The molecule has 5 heteroatoms. The lowest BCUT2D eigenvalue weighted by molar-refractivity contribution is -0.142. The molecule has 2 heterocycles. The van der Waals surface area contributed by atoms with Gasteiger partial charge in [0.05, 0.1) is 11.6 Å². The Bertz CT molecular complexity index is 311. The van der Waals surface area contributed by atoms with Crippen LogP contribution in [-0.2, 0) is 14.3 Å². The van der Waals surface area contributed by atoms with Crippen LogP contribution in [0.3, 0.4) is 0 Å². The fraction of sp³-hybridized carbons (Fsp3) is 0.933. The van der Waals surface area contributed by atoms with E-state index in [-0.39, 0.29) is 17.6 Å². The number of ether oxygens (including phenoxy) is 2. The van der Waals surface area contributed by atoms with Crippen LogP contribution in [0.1, 0.15) is 46.0 Å². The zero-order valence-corrected chi connectivity index (χ0v) is 12.7. The van der Waals surface area contributed by atoms with E-state index in [1.807, 2.05) is 6.92 Å². The van der Waals surface area contributed by atoms with Crippen molar-refractivity contribution in [3.63, 3.8) is 0 Å². The number of amides is 1. The Hall–Kier alpha value is -0.650. The highest BCUT2D eigenvalue weighted by atomic mass is 16.5. The van der Waals surface area contributed by atoms with E-state index in [4.69, 9.17) is 9.47 Å². The third-order valence-corrected chi connectivity index (χ3v) is 4.33. The molecule has 2 aliphatic heterocycles. The molecule has 0 radical (unpaired) electrons. The molecule has 0 bridgehead atoms. The zero-order chi connectivity index (χ0) is 14.4. The van der Waals surface area contributed by atoms with Crippen LogP contribution in [0.5, 0.6) is 0 Å². The minimum Gasteiger partial charge on any atom is -0.381 e. The summed E-state index contributed by atoms with van der Waals surface area (Å²) in [6.45, 7) is 7.11. The molecule has 2 fully saturated rings. The van der Waals surface area contributed by atoms with Crippen LogP contribution < -0.4 is 10.6 Å². The molecule has 2 N–H and O–H groups in total. The third-order valence-electron chi connectivity index (χ3n) is 4.33. The molecule has 2 unspecified atom stereocenters. The Morgan fingerprint density at radius 2 is 2.10 bits per heavy atom. The van der Waals surface area contributed by atoms with E-state index >= 15 is 0 Å². The largest absolute Gasteiger partial charge is 0.381 e. The number of carbonyl (C=O) groups is 1. The summed E-state index contributed by atoms with van der Waals surface area (Å²) in [7, 11) is 0. The number of carbonyl (C=O) groups excluding carboxylic acids is 1. The second-order valence-corrected chi connectivity index (χ2v) is 6.01. The van der Waals surface area contributed by atoms with Crippen molar-refractivity contribution in [2.24, 2.45) is 0 Å². The number of nitrogens with one attached hydrogen (secondary N) is 2. The fourth-order valence-electron chi connectivity index (χ4n) is 3.09. The number of rotatable bonds is 5. The van der Waals surface area contributed by atoms with E-state index in [9.17, 15) is 4.79 Å². The van der Waals surface area contributed by atoms with Crippen molar-refractivity contribution in [3.05, 3.63) is 0 Å². The molecule has 20 heavy (non-hydrogen) atoms. The van der Waals surface area contributed by atoms with Crippen LogP contribution >= 0.6 is 0 Å². The van der Waals surface area contributed by atoms with Gasteiger partial charge in [0.15, 0.2) is 0 Å². The van der Waals surface area contributed by atoms with Crippen LogP contribution in [-0.4, -0.2) is 50.0 Å². The van der Waals surface area contributed by atoms with E-state index in [2.05, 4.69) is 17.6 Å². The van der Waals surface area contributed by atoms with Gasteiger partial charge in [-0.05, 0) is 39.0 Å². The normalized spacial score (nSPS) is 27.2. The van der Waals surface area contributed by atoms with Crippen molar-refractivity contribution in [3.8, 4) is 0 Å². The van der Waals surface area contributed by atoms with E-state index in [0.29, 0.717) is 6.04 Å². The Morgan fingerprint density at radius 1 is 1.35 bits per heavy atom. The molecule has 1 spiro atoms. The minimum atomic E-state index is -0.137. The summed E-state index contributed by atoms with van der Waals surface area (Å²) >= 11 is 0. The fourth-order valence-corrected chi connectivity index (χ4v) is 3.09. The van der Waals surface area contributed by atoms with Crippen LogP contribution in [0.25, 0.3) is 0 Å². The molecule has 2 atom stereocenters. The first kappa shape index (κ1) is 15.7. The Kier molecular flexibility index (Phi) is 5.81. The van der Waals surface area contributed by atoms with Crippen molar-refractivity contribution < 1.29 is 14.3 Å². The molecule has 0 aromatic rings. The molecule has 2 saturated heterocycles. The summed E-state index contributed by atoms with van der Waals surface area (Å²) in [4.78, 5) is 11.9. The molecule has 1 amide bonds. The quantitative estimate of drug-likeness (QED) is 0.797. The maximum Gasteiger partial charge on any atom is 0.236 e. The molecule has 2 rings (SSSR count). The van der Waals surface area contributed by atoms with Gasteiger partial charge < -0.3 is 20.1 Å². The van der Waals surface area contributed by atoms with Gasteiger partial charge in [0, 0.05) is 32.4 Å². The van der Waals surface area contributed by atoms with Crippen LogP contribution in [0.15, 0.2) is 0 Å². The van der Waals surface area contributed by atoms with Gasteiger partial charge in [0.1, 0.15) is 0 Å². The van der Waals surface area contributed by atoms with E-state index in [1.165, 1.54) is 0 Å². The average molecular weight is 284 g/mol. The highest BCUT2D eigenvalue weighted by Crippen LogP contribution is 2.34. The summed E-state index contributed by atoms with van der Waals surface area (Å²) < 4.78 is 11.5. The predicted octanol–water partition coefficient (Wildman–Crippen LogP) is 1.22. The van der Waals surface area contributed by atoms with Gasteiger partial charge in [-0.15, -0.1) is 0 Å². The Morgan fingerprint density at radius 3 is 2.80 bits per heavy atom. The molecule has 0 aromatic heterocycles. The number of hydrogen-bond acceptors (Lipinski definition) is 4. The monoisotopic (exact) mass is 284 g/mol. The van der Waals surface area contributed by atoms with Crippen molar-refractivity contribution in [1.29, 1.82) is 0 Å². The Balaban J connectivity index is 1.81. The maximum atomic E-state index is 11.9. The predicted molar refractivity (Wildman–Crippen MR) is 77.7 cm³/mol. The molecule has 0 saturated carbocycles. The number of hydrogen-bond donors (Lipinski definition) is 2. The molecule has 2 aliphatic rings. The van der Waals surface area contributed by atoms with Crippen LogP contribution in [0.2, 0.25) is 0 Å². The van der Waals surface area contributed by atoms with Crippen LogP contribution in [0, 0.1) is 0 Å². The standard InChI is InChI=1S/C15H28N2O3/c1-3-7-16-14(18)12(2)17-13-4-8-20-15(11-13)5-9-19-10-6-15/h12-13,17H,3-11H2,1-2H3,(H,16,18). The molecule has 116 valence electrons. The smallest absolute Gasteiger partial charge is 0.236 e. The highest BCUT2D eigenvalue weighted by molar-refractivity contribution is 5.81. The van der Waals surface area contributed by atoms with Gasteiger partial charge in [0.25, 0.3) is 0 Å². The topological polar surface area (TPSA) is 59.6 Å². The summed E-state index contributed by atoms with van der Waals surface area (Å²) in [6.07, 6.45) is 4.89. The van der Waals surface area contributed by atoms with Gasteiger partial charge in [-0.3, -0.25) is 4.79 Å². The maximum absolute atomic E-state index is 11.9. The minimum absolute atomic E-state index is 0.0201. The third kappa shape index (κ3) is 4.17. The summed E-state index contributed by atoms with van der Waals surface area (Å²) in [5.74, 6) is 0.0966. The average Bonchev–Trinajstić information content (AvgIpc) is 2.45. The van der Waals surface area contributed by atoms with Crippen molar-refractivity contribution >= 4 is 5.91 Å². The van der Waals surface area contributed by atoms with E-state index < -0.39 is 0 Å². The van der Waals surface area contributed by atoms with E-state index in [1.54, 1.807) is 0 Å². The van der Waals surface area contributed by atoms with Crippen molar-refractivity contribution in [1.82, 2.24) is 10.6 Å². The van der Waals surface area contributed by atoms with Crippen molar-refractivity contribution in [2.75, 3.05) is 26.4 Å². The summed E-state index contributed by atoms with van der Waals surface area (Å²) in [5, 5.41) is 6.41. The lowest BCUT2D eigenvalue weighted by atomic mass is 9.84. The lowest BCUT2D eigenvalue weighted by Crippen LogP contribution is -2.54. The first-order chi connectivity index (χ1) is 9.65. The Labute approximate surface area is 121 Å². The summed E-state index contributed by atoms with van der Waals surface area (Å²) in [6, 6.07) is 0.228.